The van der Waals surface area contributed by atoms with Crippen molar-refractivity contribution < 1.29 is 27.4 Å². The van der Waals surface area contributed by atoms with E-state index < -0.39 is 12.8 Å². The van der Waals surface area contributed by atoms with Gasteiger partial charge in [0.1, 0.15) is 6.17 Å². The summed E-state index contributed by atoms with van der Waals surface area (Å²) in [6.07, 6.45) is 9.31. The quantitative estimate of drug-likeness (QED) is 0.366. The van der Waals surface area contributed by atoms with Crippen LogP contribution in [0, 0.1) is 0 Å². The SMILES string of the molecule is C=C/C=C\C=C.CC.COC=O.FC(F)Oc1cnc(-c2ccc(C3CC3F)cc2)nc1. The Balaban J connectivity index is 0.000000671. The van der Waals surface area contributed by atoms with Gasteiger partial charge >= 0.3 is 6.61 Å². The molecule has 2 unspecified atom stereocenters. The minimum Gasteiger partial charge on any atom is -0.471 e. The van der Waals surface area contributed by atoms with Crippen LogP contribution < -0.4 is 4.74 Å². The number of methoxy groups -OCH3 is 1. The molecule has 1 aliphatic carbocycles. The van der Waals surface area contributed by atoms with E-state index in [2.05, 4.69) is 32.6 Å². The first kappa shape index (κ1) is 28.6. The van der Waals surface area contributed by atoms with Crippen molar-refractivity contribution >= 4 is 6.47 Å². The van der Waals surface area contributed by atoms with E-state index in [1.807, 2.05) is 38.1 Å². The molecule has 0 saturated heterocycles. The lowest BCUT2D eigenvalue weighted by atomic mass is 10.1. The van der Waals surface area contributed by atoms with E-state index in [9.17, 15) is 13.2 Å². The minimum absolute atomic E-state index is 0.00628. The second-order valence-corrected chi connectivity index (χ2v) is 5.79. The van der Waals surface area contributed by atoms with E-state index in [-0.39, 0.29) is 11.7 Å². The summed E-state index contributed by atoms with van der Waals surface area (Å²) in [6, 6.07) is 7.27. The van der Waals surface area contributed by atoms with Crippen LogP contribution in [0.2, 0.25) is 0 Å². The molecule has 1 aromatic carbocycles. The molecule has 1 saturated carbocycles. The third kappa shape index (κ3) is 11.7. The predicted molar refractivity (Wildman–Crippen MR) is 120 cm³/mol. The smallest absolute Gasteiger partial charge is 0.387 e. The van der Waals surface area contributed by atoms with Gasteiger partial charge in [-0.25, -0.2) is 14.4 Å². The van der Waals surface area contributed by atoms with Gasteiger partial charge in [0.15, 0.2) is 11.6 Å². The van der Waals surface area contributed by atoms with Gasteiger partial charge in [0.05, 0.1) is 19.5 Å². The zero-order valence-electron chi connectivity index (χ0n) is 18.5. The Bertz CT molecular complexity index is 800. The van der Waals surface area contributed by atoms with E-state index in [0.29, 0.717) is 18.7 Å². The highest BCUT2D eigenvalue weighted by Crippen LogP contribution is 2.43. The number of carbonyl (C=O) groups is 1. The van der Waals surface area contributed by atoms with Crippen LogP contribution in [0.15, 0.2) is 74.1 Å². The Morgan fingerprint density at radius 3 is 1.88 bits per heavy atom. The highest BCUT2D eigenvalue weighted by Gasteiger charge is 2.38. The normalized spacial score (nSPS) is 15.6. The van der Waals surface area contributed by atoms with Crippen molar-refractivity contribution in [3.63, 3.8) is 0 Å². The van der Waals surface area contributed by atoms with Crippen molar-refractivity contribution in [2.45, 2.75) is 39.0 Å². The Morgan fingerprint density at radius 2 is 1.53 bits per heavy atom. The van der Waals surface area contributed by atoms with Crippen LogP contribution in [0.3, 0.4) is 0 Å². The third-order valence-corrected chi connectivity index (χ3v) is 3.64. The van der Waals surface area contributed by atoms with Crippen LogP contribution in [0.4, 0.5) is 13.2 Å². The second-order valence-electron chi connectivity index (χ2n) is 5.79. The summed E-state index contributed by atoms with van der Waals surface area (Å²) in [5, 5.41) is 0. The molecule has 1 aliphatic rings. The minimum atomic E-state index is -2.89. The average Bonchev–Trinajstić information content (AvgIpc) is 3.56. The van der Waals surface area contributed by atoms with E-state index >= 15 is 0 Å². The van der Waals surface area contributed by atoms with E-state index in [0.717, 1.165) is 11.1 Å². The maximum Gasteiger partial charge on any atom is 0.387 e. The summed E-state index contributed by atoms with van der Waals surface area (Å²) in [4.78, 5) is 16.9. The van der Waals surface area contributed by atoms with Crippen LogP contribution in [0.1, 0.15) is 31.7 Å². The van der Waals surface area contributed by atoms with Gasteiger partial charge in [-0.05, 0) is 12.0 Å². The van der Waals surface area contributed by atoms with Gasteiger partial charge in [-0.1, -0.05) is 75.6 Å². The van der Waals surface area contributed by atoms with E-state index in [1.165, 1.54) is 19.5 Å². The molecule has 0 N–H and O–H groups in total. The van der Waals surface area contributed by atoms with Gasteiger partial charge in [-0.2, -0.15) is 8.78 Å². The molecule has 0 aliphatic heterocycles. The van der Waals surface area contributed by atoms with Crippen molar-refractivity contribution in [2.75, 3.05) is 7.11 Å². The van der Waals surface area contributed by atoms with Crippen molar-refractivity contribution in [3.05, 3.63) is 79.7 Å². The molecule has 1 heterocycles. The maximum atomic E-state index is 12.9. The van der Waals surface area contributed by atoms with Crippen molar-refractivity contribution in [1.29, 1.82) is 0 Å². The fourth-order valence-corrected chi connectivity index (χ4v) is 2.17. The number of hydrogen-bond donors (Lipinski definition) is 0. The fraction of sp³-hybridized carbons (Fsp3) is 0.292. The van der Waals surface area contributed by atoms with Gasteiger partial charge in [0.25, 0.3) is 6.47 Å². The number of halogens is 3. The van der Waals surface area contributed by atoms with Gasteiger partial charge in [0.2, 0.25) is 0 Å². The van der Waals surface area contributed by atoms with Crippen LogP contribution in [-0.2, 0) is 9.53 Å². The third-order valence-electron chi connectivity index (χ3n) is 3.64. The van der Waals surface area contributed by atoms with Gasteiger partial charge < -0.3 is 9.47 Å². The van der Waals surface area contributed by atoms with Crippen LogP contribution in [-0.4, -0.2) is 36.3 Å². The number of hydrogen-bond acceptors (Lipinski definition) is 5. The lowest BCUT2D eigenvalue weighted by Gasteiger charge is -2.05. The molecule has 8 heteroatoms. The van der Waals surface area contributed by atoms with Crippen LogP contribution in [0.5, 0.6) is 5.75 Å². The standard InChI is InChI=1S/C14H11F3N2O.C6H8.C2H4O2.C2H6/c15-12-5-11(12)8-1-3-9(4-2-8)13-18-6-10(7-19-13)20-14(16)17;1-3-5-6-4-2;1-4-2-3;1-2/h1-4,6-7,11-12,14H,5H2;3-6H,1-2H2;2H,1H3;1-2H3/b;6-5-;;. The monoisotopic (exact) mass is 450 g/mol. The number of aromatic nitrogens is 2. The Kier molecular flexibility index (Phi) is 15.4. The van der Waals surface area contributed by atoms with Crippen molar-refractivity contribution in [3.8, 4) is 17.1 Å². The summed E-state index contributed by atoms with van der Waals surface area (Å²) < 4.78 is 45.0. The molecule has 0 bridgehead atoms. The van der Waals surface area contributed by atoms with Crippen molar-refractivity contribution in [1.82, 2.24) is 9.97 Å². The lowest BCUT2D eigenvalue weighted by Crippen LogP contribution is -2.03. The highest BCUT2D eigenvalue weighted by molar-refractivity contribution is 5.55. The first-order valence-corrected chi connectivity index (χ1v) is 9.84. The fourth-order valence-electron chi connectivity index (χ4n) is 2.17. The summed E-state index contributed by atoms with van der Waals surface area (Å²) in [6.45, 7) is 8.41. The molecule has 3 rings (SSSR count). The average molecular weight is 451 g/mol. The molecule has 2 atom stereocenters. The Labute approximate surface area is 187 Å². The molecule has 0 radical (unpaired) electrons. The molecule has 1 aromatic heterocycles. The maximum absolute atomic E-state index is 12.9. The highest BCUT2D eigenvalue weighted by atomic mass is 19.3. The zero-order valence-corrected chi connectivity index (χ0v) is 18.5. The summed E-state index contributed by atoms with van der Waals surface area (Å²) in [7, 11) is 1.31. The number of carbonyl (C=O) groups excluding carboxylic acids is 1. The number of benzene rings is 1. The molecule has 5 nitrogen and oxygen atoms in total. The topological polar surface area (TPSA) is 61.3 Å². The summed E-state index contributed by atoms with van der Waals surface area (Å²) >= 11 is 0. The summed E-state index contributed by atoms with van der Waals surface area (Å²) in [5.74, 6) is 0.330. The van der Waals surface area contributed by atoms with Crippen LogP contribution >= 0.6 is 0 Å². The number of allylic oxidation sites excluding steroid dienone is 4. The number of nitrogens with zero attached hydrogens (tertiary/aromatic N) is 2. The van der Waals surface area contributed by atoms with Gasteiger partial charge in [-0.15, -0.1) is 0 Å². The predicted octanol–water partition coefficient (Wildman–Crippen LogP) is 6.30. The Hall–Kier alpha value is -3.42. The van der Waals surface area contributed by atoms with E-state index in [1.54, 1.807) is 24.3 Å². The zero-order chi connectivity index (χ0) is 24.4. The lowest BCUT2D eigenvalue weighted by molar-refractivity contribution is -0.126. The summed E-state index contributed by atoms with van der Waals surface area (Å²) in [5.41, 5.74) is 1.70. The second kappa shape index (κ2) is 17.3. The van der Waals surface area contributed by atoms with Gasteiger partial charge in [0, 0.05) is 11.5 Å². The van der Waals surface area contributed by atoms with E-state index in [4.69, 9.17) is 4.79 Å². The van der Waals surface area contributed by atoms with Gasteiger partial charge in [-0.3, -0.25) is 4.79 Å². The van der Waals surface area contributed by atoms with Crippen molar-refractivity contribution in [2.24, 2.45) is 0 Å². The first-order chi connectivity index (χ1) is 15.5. The molecular formula is C24H29F3N2O3. The molecule has 1 fully saturated rings. The largest absolute Gasteiger partial charge is 0.471 e. The number of rotatable bonds is 7. The van der Waals surface area contributed by atoms with Crippen LogP contribution in [0.25, 0.3) is 11.4 Å². The molecular weight excluding hydrogens is 421 g/mol. The molecule has 0 amide bonds. The molecule has 32 heavy (non-hydrogen) atoms. The number of alkyl halides is 3. The first-order valence-electron chi connectivity index (χ1n) is 9.84. The molecule has 0 spiro atoms. The number of ether oxygens (including phenoxy) is 2. The Morgan fingerprint density at radius 1 is 1.06 bits per heavy atom. The molecule has 2 aromatic rings. The molecule has 174 valence electrons.